The van der Waals surface area contributed by atoms with Gasteiger partial charge in [0, 0.05) is 42.8 Å². The quantitative estimate of drug-likeness (QED) is 0.713. The van der Waals surface area contributed by atoms with E-state index < -0.39 is 0 Å². The Bertz CT molecular complexity index is 835. The summed E-state index contributed by atoms with van der Waals surface area (Å²) in [5, 5.41) is 0. The third kappa shape index (κ3) is 3.57. The van der Waals surface area contributed by atoms with E-state index in [0.717, 1.165) is 37.6 Å². The highest BCUT2D eigenvalue weighted by Gasteiger charge is 2.22. The van der Waals surface area contributed by atoms with Crippen LogP contribution in [0.15, 0.2) is 60.8 Å². The van der Waals surface area contributed by atoms with Crippen LogP contribution in [0.3, 0.4) is 0 Å². The van der Waals surface area contributed by atoms with Gasteiger partial charge < -0.3 is 9.30 Å². The van der Waals surface area contributed by atoms with E-state index in [9.17, 15) is 0 Å². The van der Waals surface area contributed by atoms with Gasteiger partial charge in [0.25, 0.3) is 0 Å². The van der Waals surface area contributed by atoms with Crippen LogP contribution in [-0.4, -0.2) is 34.1 Å². The number of rotatable bonds is 4. The van der Waals surface area contributed by atoms with E-state index in [1.807, 2.05) is 6.20 Å². The van der Waals surface area contributed by atoms with Gasteiger partial charge in [0.15, 0.2) is 0 Å². The minimum Gasteiger partial charge on any atom is -0.371 e. The van der Waals surface area contributed by atoms with E-state index in [4.69, 9.17) is 9.72 Å². The molecule has 3 aromatic rings. The number of nitrogens with zero attached hydrogens (tertiary/aromatic N) is 3. The Kier molecular flexibility index (Phi) is 4.87. The molecule has 1 aliphatic heterocycles. The maximum absolute atomic E-state index is 6.02. The number of hydrogen-bond donors (Lipinski definition) is 0. The lowest BCUT2D eigenvalue weighted by molar-refractivity contribution is -0.0330. The van der Waals surface area contributed by atoms with Crippen molar-refractivity contribution < 1.29 is 4.74 Å². The fourth-order valence-corrected chi connectivity index (χ4v) is 3.64. The zero-order chi connectivity index (χ0) is 17.9. The van der Waals surface area contributed by atoms with Crippen LogP contribution in [0.2, 0.25) is 0 Å². The van der Waals surface area contributed by atoms with Crippen molar-refractivity contribution in [3.63, 3.8) is 0 Å². The lowest BCUT2D eigenvalue weighted by atomic mass is 10.1. The Morgan fingerprint density at radius 3 is 2.46 bits per heavy atom. The molecule has 0 saturated carbocycles. The van der Waals surface area contributed by atoms with Gasteiger partial charge in [-0.25, -0.2) is 4.98 Å². The number of ether oxygens (including phenoxy) is 1. The average Bonchev–Trinajstić information content (AvgIpc) is 3.01. The van der Waals surface area contributed by atoms with Gasteiger partial charge >= 0.3 is 0 Å². The summed E-state index contributed by atoms with van der Waals surface area (Å²) < 4.78 is 8.20. The second-order valence-corrected chi connectivity index (χ2v) is 6.98. The normalized spacial score (nSPS) is 18.2. The number of hydrogen-bond acceptors (Lipinski definition) is 3. The maximum atomic E-state index is 6.02. The Hall–Kier alpha value is -2.43. The first kappa shape index (κ1) is 17.0. The van der Waals surface area contributed by atoms with Crippen molar-refractivity contribution in [2.75, 3.05) is 19.7 Å². The Balaban J connectivity index is 1.47. The van der Waals surface area contributed by atoms with Gasteiger partial charge in [-0.3, -0.25) is 4.90 Å². The molecule has 3 heterocycles. The molecule has 1 aromatic carbocycles. The molecule has 4 nitrogen and oxygen atoms in total. The summed E-state index contributed by atoms with van der Waals surface area (Å²) in [6.07, 6.45) is 2.05. The van der Waals surface area contributed by atoms with Crippen molar-refractivity contribution in [2.45, 2.75) is 26.5 Å². The number of morpholine rings is 1. The molecule has 0 N–H and O–H groups in total. The fourth-order valence-electron chi connectivity index (χ4n) is 3.64. The topological polar surface area (TPSA) is 30.3 Å². The first-order valence-electron chi connectivity index (χ1n) is 9.20. The zero-order valence-electron chi connectivity index (χ0n) is 15.4. The van der Waals surface area contributed by atoms with Crippen molar-refractivity contribution in [3.8, 4) is 5.82 Å². The van der Waals surface area contributed by atoms with E-state index in [-0.39, 0.29) is 6.10 Å². The first-order valence-corrected chi connectivity index (χ1v) is 9.20. The van der Waals surface area contributed by atoms with Crippen molar-refractivity contribution in [3.05, 3.63) is 83.3 Å². The Labute approximate surface area is 155 Å². The van der Waals surface area contributed by atoms with E-state index in [1.54, 1.807) is 0 Å². The monoisotopic (exact) mass is 347 g/mol. The van der Waals surface area contributed by atoms with Gasteiger partial charge in [-0.1, -0.05) is 36.4 Å². The fraction of sp³-hybridized carbons (Fsp3) is 0.318. The van der Waals surface area contributed by atoms with Gasteiger partial charge in [-0.05, 0) is 37.6 Å². The number of pyridine rings is 1. The summed E-state index contributed by atoms with van der Waals surface area (Å²) in [6, 6.07) is 19.1. The molecule has 0 spiro atoms. The van der Waals surface area contributed by atoms with E-state index in [0.29, 0.717) is 0 Å². The molecule has 1 aliphatic rings. The second-order valence-electron chi connectivity index (χ2n) is 6.98. The average molecular weight is 347 g/mol. The highest BCUT2D eigenvalue weighted by molar-refractivity contribution is 5.33. The molecule has 0 unspecified atom stereocenters. The summed E-state index contributed by atoms with van der Waals surface area (Å²) in [5.41, 5.74) is 4.89. The highest BCUT2D eigenvalue weighted by atomic mass is 16.5. The number of aromatic nitrogens is 2. The summed E-state index contributed by atoms with van der Waals surface area (Å²) in [7, 11) is 0. The molecule has 1 fully saturated rings. The summed E-state index contributed by atoms with van der Waals surface area (Å²) >= 11 is 0. The Morgan fingerprint density at radius 2 is 1.77 bits per heavy atom. The van der Waals surface area contributed by atoms with Gasteiger partial charge in [-0.15, -0.1) is 0 Å². The molecule has 4 rings (SSSR count). The lowest BCUT2D eigenvalue weighted by Gasteiger charge is -2.33. The largest absolute Gasteiger partial charge is 0.371 e. The van der Waals surface area contributed by atoms with Crippen LogP contribution in [0, 0.1) is 13.8 Å². The number of benzene rings is 1. The van der Waals surface area contributed by atoms with Crippen LogP contribution >= 0.6 is 0 Å². The van der Waals surface area contributed by atoms with E-state index in [2.05, 4.69) is 77.9 Å². The SMILES string of the molecule is Cc1ccc(C)n1-c1ccc([C@@H]2CN(Cc3ccccc3)CCO2)cn1. The van der Waals surface area contributed by atoms with E-state index >= 15 is 0 Å². The van der Waals surface area contributed by atoms with Crippen LogP contribution in [0.1, 0.15) is 28.6 Å². The van der Waals surface area contributed by atoms with Crippen LogP contribution < -0.4 is 0 Å². The third-order valence-electron chi connectivity index (χ3n) is 5.04. The van der Waals surface area contributed by atoms with Crippen LogP contribution in [0.5, 0.6) is 0 Å². The maximum Gasteiger partial charge on any atom is 0.136 e. The highest BCUT2D eigenvalue weighted by Crippen LogP contribution is 2.24. The molecular formula is C22H25N3O. The van der Waals surface area contributed by atoms with Crippen LogP contribution in [0.25, 0.3) is 5.82 Å². The lowest BCUT2D eigenvalue weighted by Crippen LogP contribution is -2.37. The molecule has 0 radical (unpaired) electrons. The minimum absolute atomic E-state index is 0.0841. The van der Waals surface area contributed by atoms with Gasteiger partial charge in [0.2, 0.25) is 0 Å². The van der Waals surface area contributed by atoms with Crippen molar-refractivity contribution in [1.82, 2.24) is 14.5 Å². The predicted octanol–water partition coefficient (Wildman–Crippen LogP) is 4.06. The van der Waals surface area contributed by atoms with Gasteiger partial charge in [-0.2, -0.15) is 0 Å². The van der Waals surface area contributed by atoms with Gasteiger partial charge in [0.05, 0.1) is 12.7 Å². The standard InChI is InChI=1S/C22H25N3O/c1-17-8-9-18(2)25(17)22-11-10-20(14-23-22)21-16-24(12-13-26-21)15-19-6-4-3-5-7-19/h3-11,14,21H,12-13,15-16H2,1-2H3/t21-/m0/s1. The Morgan fingerprint density at radius 1 is 1.00 bits per heavy atom. The molecule has 26 heavy (non-hydrogen) atoms. The molecule has 0 amide bonds. The molecular weight excluding hydrogens is 322 g/mol. The first-order chi connectivity index (χ1) is 12.7. The molecule has 134 valence electrons. The summed E-state index contributed by atoms with van der Waals surface area (Å²) in [6.45, 7) is 7.81. The van der Waals surface area contributed by atoms with Crippen molar-refractivity contribution >= 4 is 0 Å². The van der Waals surface area contributed by atoms with Crippen molar-refractivity contribution in [2.24, 2.45) is 0 Å². The molecule has 1 saturated heterocycles. The summed E-state index contributed by atoms with van der Waals surface area (Å²) in [4.78, 5) is 7.15. The minimum atomic E-state index is 0.0841. The van der Waals surface area contributed by atoms with Crippen LogP contribution in [-0.2, 0) is 11.3 Å². The summed E-state index contributed by atoms with van der Waals surface area (Å²) in [5.74, 6) is 0.964. The zero-order valence-corrected chi connectivity index (χ0v) is 15.4. The predicted molar refractivity (Wildman–Crippen MR) is 103 cm³/mol. The molecule has 0 aliphatic carbocycles. The third-order valence-corrected chi connectivity index (χ3v) is 5.04. The van der Waals surface area contributed by atoms with Crippen LogP contribution in [0.4, 0.5) is 0 Å². The van der Waals surface area contributed by atoms with Crippen molar-refractivity contribution in [1.29, 1.82) is 0 Å². The second kappa shape index (κ2) is 7.44. The molecule has 4 heteroatoms. The number of aryl methyl sites for hydroxylation is 2. The van der Waals surface area contributed by atoms with E-state index in [1.165, 1.54) is 17.0 Å². The van der Waals surface area contributed by atoms with Gasteiger partial charge in [0.1, 0.15) is 5.82 Å². The molecule has 0 bridgehead atoms. The molecule has 2 aromatic heterocycles. The molecule has 1 atom stereocenters. The smallest absolute Gasteiger partial charge is 0.136 e.